The molecule has 3 fully saturated rings. The summed E-state index contributed by atoms with van der Waals surface area (Å²) in [5.74, 6) is 2.87. The number of likely N-dealkylation sites (N-methyl/N-ethyl adjacent to an activating group) is 1. The molecule has 7 rings (SSSR count). The molecule has 0 unspecified atom stereocenters. The van der Waals surface area contributed by atoms with Crippen LogP contribution in [0.2, 0.25) is 0 Å². The number of piperazine rings is 1. The number of fused-ring (bicyclic) bond motifs is 2. The summed E-state index contributed by atoms with van der Waals surface area (Å²) in [5, 5.41) is 6.71. The Balaban J connectivity index is 0.991. The largest absolute Gasteiger partial charge is 0.491 e. The maximum absolute atomic E-state index is 13.6. The molecule has 5 aliphatic rings. The number of ether oxygens (including phenoxy) is 1. The van der Waals surface area contributed by atoms with Crippen molar-refractivity contribution in [2.45, 2.75) is 96.3 Å². The van der Waals surface area contributed by atoms with Gasteiger partial charge in [0.2, 0.25) is 11.9 Å². The smallest absolute Gasteiger partial charge is 0.251 e. The molecule has 2 N–H and O–H groups in total. The number of rotatable bonds is 9. The van der Waals surface area contributed by atoms with E-state index >= 15 is 0 Å². The first-order valence-electron chi connectivity index (χ1n) is 17.6. The molecule has 4 heterocycles. The Kier molecular flexibility index (Phi) is 8.80. The first-order valence-corrected chi connectivity index (χ1v) is 17.6. The summed E-state index contributed by atoms with van der Waals surface area (Å²) < 4.78 is 6.06. The number of carbonyl (C=O) groups is 2. The second-order valence-electron chi connectivity index (χ2n) is 14.2. The topological polar surface area (TPSA) is 106 Å². The lowest BCUT2D eigenvalue weighted by molar-refractivity contribution is -0.120. The van der Waals surface area contributed by atoms with E-state index in [1.54, 1.807) is 18.1 Å². The summed E-state index contributed by atoms with van der Waals surface area (Å²) in [4.78, 5) is 45.1. The molecular formula is C35H50N8O3. The SMILES string of the molecule is CC[C@@H]1C(=O)N(C)c2cnc(Nc3ccc(C(=O)N[C@H]4CC[C@@H](N5CCN(CC6CC6)CC5)CC4)c4c3OCC4)nc2N1C(C)C. The molecule has 1 aromatic carbocycles. The molecule has 46 heavy (non-hydrogen) atoms. The Bertz CT molecular complexity index is 1450. The predicted octanol–water partition coefficient (Wildman–Crippen LogP) is 4.19. The van der Waals surface area contributed by atoms with E-state index in [0.29, 0.717) is 48.4 Å². The molecule has 2 amide bonds. The van der Waals surface area contributed by atoms with E-state index in [2.05, 4.69) is 44.2 Å². The van der Waals surface area contributed by atoms with Gasteiger partial charge in [-0.1, -0.05) is 6.92 Å². The molecule has 2 aliphatic carbocycles. The predicted molar refractivity (Wildman–Crippen MR) is 180 cm³/mol. The van der Waals surface area contributed by atoms with Gasteiger partial charge in [0.25, 0.3) is 5.91 Å². The third-order valence-corrected chi connectivity index (χ3v) is 10.8. The second-order valence-corrected chi connectivity index (χ2v) is 14.2. The molecule has 2 aromatic rings. The molecule has 0 spiro atoms. The zero-order chi connectivity index (χ0) is 31.9. The second kappa shape index (κ2) is 13.0. The van der Waals surface area contributed by atoms with Crippen molar-refractivity contribution in [1.82, 2.24) is 25.1 Å². The van der Waals surface area contributed by atoms with Gasteiger partial charge in [0, 0.05) is 75.4 Å². The number of aromatic nitrogens is 2. The van der Waals surface area contributed by atoms with Crippen LogP contribution >= 0.6 is 0 Å². The van der Waals surface area contributed by atoms with Crippen LogP contribution in [0.15, 0.2) is 18.3 Å². The fourth-order valence-electron chi connectivity index (χ4n) is 7.99. The highest BCUT2D eigenvalue weighted by molar-refractivity contribution is 6.04. The van der Waals surface area contributed by atoms with Crippen molar-refractivity contribution in [2.75, 3.05) is 61.5 Å². The van der Waals surface area contributed by atoms with Gasteiger partial charge >= 0.3 is 0 Å². The van der Waals surface area contributed by atoms with Crippen LogP contribution in [-0.2, 0) is 11.2 Å². The minimum atomic E-state index is -0.270. The lowest BCUT2D eigenvalue weighted by Gasteiger charge is -2.42. The normalized spacial score (nSPS) is 25.3. The van der Waals surface area contributed by atoms with Crippen LogP contribution in [0.3, 0.4) is 0 Å². The van der Waals surface area contributed by atoms with Gasteiger partial charge in [-0.05, 0) is 76.8 Å². The maximum Gasteiger partial charge on any atom is 0.251 e. The number of benzene rings is 1. The average molecular weight is 631 g/mol. The Morgan fingerprint density at radius 3 is 2.52 bits per heavy atom. The van der Waals surface area contributed by atoms with Gasteiger partial charge < -0.3 is 30.1 Å². The minimum absolute atomic E-state index is 0.0126. The monoisotopic (exact) mass is 630 g/mol. The van der Waals surface area contributed by atoms with Gasteiger partial charge in [-0.15, -0.1) is 0 Å². The van der Waals surface area contributed by atoms with E-state index in [9.17, 15) is 9.59 Å². The molecule has 0 bridgehead atoms. The molecule has 3 aliphatic heterocycles. The van der Waals surface area contributed by atoms with E-state index in [1.165, 1.54) is 45.6 Å². The van der Waals surface area contributed by atoms with Crippen LogP contribution in [0.25, 0.3) is 0 Å². The molecule has 1 atom stereocenters. The Labute approximate surface area is 273 Å². The van der Waals surface area contributed by atoms with Gasteiger partial charge in [0.05, 0.1) is 18.5 Å². The number of hydrogen-bond acceptors (Lipinski definition) is 9. The summed E-state index contributed by atoms with van der Waals surface area (Å²) in [6.07, 6.45) is 10.3. The van der Waals surface area contributed by atoms with Crippen molar-refractivity contribution < 1.29 is 14.3 Å². The van der Waals surface area contributed by atoms with Gasteiger partial charge in [0.1, 0.15) is 17.5 Å². The third-order valence-electron chi connectivity index (χ3n) is 10.8. The van der Waals surface area contributed by atoms with Crippen molar-refractivity contribution in [1.29, 1.82) is 0 Å². The first-order chi connectivity index (χ1) is 22.3. The van der Waals surface area contributed by atoms with Crippen LogP contribution in [-0.4, -0.2) is 102 Å². The number of hydrogen-bond donors (Lipinski definition) is 2. The number of carbonyl (C=O) groups excluding carboxylic acids is 2. The third kappa shape index (κ3) is 6.15. The van der Waals surface area contributed by atoms with Crippen molar-refractivity contribution in [2.24, 2.45) is 5.92 Å². The first kappa shape index (κ1) is 31.2. The molecule has 1 aromatic heterocycles. The Morgan fingerprint density at radius 2 is 1.83 bits per heavy atom. The van der Waals surface area contributed by atoms with Crippen molar-refractivity contribution in [3.63, 3.8) is 0 Å². The summed E-state index contributed by atoms with van der Waals surface area (Å²) in [7, 11) is 1.78. The molecule has 11 nitrogen and oxygen atoms in total. The molecule has 248 valence electrons. The van der Waals surface area contributed by atoms with Crippen molar-refractivity contribution in [3.05, 3.63) is 29.5 Å². The van der Waals surface area contributed by atoms with Gasteiger partial charge in [-0.2, -0.15) is 4.98 Å². The Morgan fingerprint density at radius 1 is 1.07 bits per heavy atom. The average Bonchev–Trinajstić information content (AvgIpc) is 3.73. The van der Waals surface area contributed by atoms with Crippen LogP contribution in [0, 0.1) is 5.92 Å². The summed E-state index contributed by atoms with van der Waals surface area (Å²) in [6, 6.07) is 4.47. The van der Waals surface area contributed by atoms with E-state index < -0.39 is 0 Å². The van der Waals surface area contributed by atoms with Crippen LogP contribution in [0.1, 0.15) is 81.6 Å². The van der Waals surface area contributed by atoms with E-state index in [4.69, 9.17) is 9.72 Å². The summed E-state index contributed by atoms with van der Waals surface area (Å²) >= 11 is 0. The van der Waals surface area contributed by atoms with Gasteiger partial charge in [-0.25, -0.2) is 4.98 Å². The number of amides is 2. The van der Waals surface area contributed by atoms with E-state index in [-0.39, 0.29) is 29.9 Å². The molecule has 1 saturated heterocycles. The zero-order valence-corrected chi connectivity index (χ0v) is 27.9. The molecule has 11 heteroatoms. The summed E-state index contributed by atoms with van der Waals surface area (Å²) in [5.41, 5.74) is 3.06. The zero-order valence-electron chi connectivity index (χ0n) is 27.9. The highest BCUT2D eigenvalue weighted by Crippen LogP contribution is 2.40. The maximum atomic E-state index is 13.6. The fourth-order valence-corrected chi connectivity index (χ4v) is 7.99. The molecule has 0 radical (unpaired) electrons. The highest BCUT2D eigenvalue weighted by atomic mass is 16.5. The standard InChI is InChI=1S/C35H50N8O3/c1-5-29-34(45)40(4)30-20-36-35(39-32(30)43(29)22(2)3)38-28-13-12-27(26-14-19-46-31(26)28)33(44)37-24-8-10-25(11-9-24)42-17-15-41(16-18-42)21-23-6-7-23/h12-13,20,22-25,29H,5-11,14-19,21H2,1-4H3,(H,37,44)(H,36,38,39)/t24-,25+,29-/m1/s1. The van der Waals surface area contributed by atoms with Crippen LogP contribution in [0.5, 0.6) is 5.75 Å². The number of anilines is 4. The minimum Gasteiger partial charge on any atom is -0.491 e. The molecular weight excluding hydrogens is 580 g/mol. The van der Waals surface area contributed by atoms with Gasteiger partial charge in [0.15, 0.2) is 5.82 Å². The highest BCUT2D eigenvalue weighted by Gasteiger charge is 2.38. The fraction of sp³-hybridized carbons (Fsp3) is 0.657. The number of nitrogens with zero attached hydrogens (tertiary/aromatic N) is 6. The lowest BCUT2D eigenvalue weighted by atomic mass is 9.89. The van der Waals surface area contributed by atoms with Crippen molar-refractivity contribution >= 4 is 35.0 Å². The quantitative estimate of drug-likeness (QED) is 0.422. The van der Waals surface area contributed by atoms with Crippen LogP contribution in [0.4, 0.5) is 23.1 Å². The summed E-state index contributed by atoms with van der Waals surface area (Å²) in [6.45, 7) is 12.8. The van der Waals surface area contributed by atoms with E-state index in [1.807, 2.05) is 19.1 Å². The number of nitrogens with one attached hydrogen (secondary N) is 2. The van der Waals surface area contributed by atoms with E-state index in [0.717, 1.165) is 48.7 Å². The van der Waals surface area contributed by atoms with Crippen LogP contribution < -0.4 is 25.2 Å². The van der Waals surface area contributed by atoms with Gasteiger partial charge in [-0.3, -0.25) is 14.5 Å². The lowest BCUT2D eigenvalue weighted by Crippen LogP contribution is -2.54. The molecule has 2 saturated carbocycles. The Hall–Kier alpha value is -3.44. The van der Waals surface area contributed by atoms with Crippen molar-refractivity contribution in [3.8, 4) is 5.75 Å².